The molecule has 154 valence electrons. The fraction of sp³-hybridized carbons (Fsp3) is 0.500. The van der Waals surface area contributed by atoms with Crippen molar-refractivity contribution in [2.75, 3.05) is 31.1 Å². The number of imide groups is 1. The van der Waals surface area contributed by atoms with Crippen LogP contribution in [0.2, 0.25) is 0 Å². The minimum absolute atomic E-state index is 0.0499. The summed E-state index contributed by atoms with van der Waals surface area (Å²) in [6.45, 7) is 6.45. The van der Waals surface area contributed by atoms with Crippen molar-refractivity contribution < 1.29 is 14.0 Å². The molecule has 2 fully saturated rings. The fourth-order valence-corrected chi connectivity index (χ4v) is 4.41. The molecule has 2 aromatic rings. The van der Waals surface area contributed by atoms with Gasteiger partial charge in [0.05, 0.1) is 6.20 Å². The number of piperidine rings is 1. The Kier molecular flexibility index (Phi) is 5.30. The van der Waals surface area contributed by atoms with Crippen LogP contribution >= 0.6 is 0 Å². The number of hydrogen-bond acceptors (Lipinski definition) is 5. The summed E-state index contributed by atoms with van der Waals surface area (Å²) in [6, 6.07) is 10.4. The van der Waals surface area contributed by atoms with Crippen LogP contribution in [-0.4, -0.2) is 58.4 Å². The highest BCUT2D eigenvalue weighted by Crippen LogP contribution is 2.38. The zero-order chi connectivity index (χ0) is 20.4. The number of oxazole rings is 1. The number of amides is 3. The summed E-state index contributed by atoms with van der Waals surface area (Å²) in [5.41, 5.74) is 0.379. The van der Waals surface area contributed by atoms with Crippen molar-refractivity contribution in [2.45, 2.75) is 38.6 Å². The minimum atomic E-state index is -0.749. The SMILES string of the molecule is CC(C)CN1C(=O)N(CCc2ccccc2)C(=O)C12CCN(c1ncco1)CC2. The van der Waals surface area contributed by atoms with E-state index in [4.69, 9.17) is 4.42 Å². The van der Waals surface area contributed by atoms with Crippen LogP contribution in [0.5, 0.6) is 0 Å². The predicted molar refractivity (Wildman–Crippen MR) is 109 cm³/mol. The van der Waals surface area contributed by atoms with Crippen molar-refractivity contribution in [3.05, 3.63) is 48.4 Å². The molecule has 3 amide bonds. The molecule has 1 spiro atoms. The van der Waals surface area contributed by atoms with Crippen LogP contribution in [0.25, 0.3) is 0 Å². The number of nitrogens with zero attached hydrogens (tertiary/aromatic N) is 4. The first kappa shape index (κ1) is 19.5. The lowest BCUT2D eigenvalue weighted by Gasteiger charge is -2.42. The largest absolute Gasteiger partial charge is 0.432 e. The summed E-state index contributed by atoms with van der Waals surface area (Å²) in [5.74, 6) is 0.244. The highest BCUT2D eigenvalue weighted by molar-refractivity contribution is 6.07. The van der Waals surface area contributed by atoms with E-state index >= 15 is 0 Å². The molecule has 0 atom stereocenters. The van der Waals surface area contributed by atoms with Crippen LogP contribution in [-0.2, 0) is 11.2 Å². The zero-order valence-corrected chi connectivity index (χ0v) is 17.1. The second kappa shape index (κ2) is 7.89. The van der Waals surface area contributed by atoms with Crippen LogP contribution < -0.4 is 4.90 Å². The summed E-state index contributed by atoms with van der Waals surface area (Å²) in [6.07, 6.45) is 5.04. The molecule has 4 rings (SSSR count). The highest BCUT2D eigenvalue weighted by Gasteiger charge is 2.57. The zero-order valence-electron chi connectivity index (χ0n) is 17.1. The Hall–Kier alpha value is -2.83. The van der Waals surface area contributed by atoms with Gasteiger partial charge in [0.25, 0.3) is 11.9 Å². The number of rotatable bonds is 6. The number of aromatic nitrogens is 1. The highest BCUT2D eigenvalue weighted by atomic mass is 16.4. The van der Waals surface area contributed by atoms with Crippen molar-refractivity contribution in [1.29, 1.82) is 0 Å². The smallest absolute Gasteiger partial charge is 0.327 e. The van der Waals surface area contributed by atoms with E-state index in [2.05, 4.69) is 18.8 Å². The van der Waals surface area contributed by atoms with E-state index in [1.807, 2.05) is 40.1 Å². The Morgan fingerprint density at radius 3 is 2.48 bits per heavy atom. The molecule has 0 unspecified atom stereocenters. The van der Waals surface area contributed by atoms with Crippen molar-refractivity contribution in [3.8, 4) is 0 Å². The molecular formula is C22H28N4O3. The number of urea groups is 1. The Morgan fingerprint density at radius 1 is 1.14 bits per heavy atom. The van der Waals surface area contributed by atoms with Crippen LogP contribution in [0.4, 0.5) is 10.8 Å². The molecule has 0 radical (unpaired) electrons. The normalized spacial score (nSPS) is 19.1. The quantitative estimate of drug-likeness (QED) is 0.702. The van der Waals surface area contributed by atoms with E-state index in [1.165, 1.54) is 4.90 Å². The van der Waals surface area contributed by atoms with Crippen LogP contribution in [0.15, 0.2) is 47.2 Å². The topological polar surface area (TPSA) is 69.9 Å². The van der Waals surface area contributed by atoms with Gasteiger partial charge in [-0.25, -0.2) is 9.78 Å². The van der Waals surface area contributed by atoms with E-state index < -0.39 is 5.54 Å². The minimum Gasteiger partial charge on any atom is -0.432 e. The Bertz CT molecular complexity index is 842. The average molecular weight is 396 g/mol. The third-order valence-electron chi connectivity index (χ3n) is 5.92. The molecule has 0 saturated carbocycles. The second-order valence-corrected chi connectivity index (χ2v) is 8.31. The van der Waals surface area contributed by atoms with Crippen LogP contribution in [0.3, 0.4) is 0 Å². The van der Waals surface area contributed by atoms with Gasteiger partial charge in [-0.3, -0.25) is 9.69 Å². The first-order valence-electron chi connectivity index (χ1n) is 10.3. The van der Waals surface area contributed by atoms with Crippen molar-refractivity contribution >= 4 is 18.0 Å². The standard InChI is InChI=1S/C22H28N4O3/c1-17(2)16-26-21(28)25(12-8-18-6-4-3-5-7-18)19(27)22(26)9-13-24(14-10-22)20-23-11-15-29-20/h3-7,11,15,17H,8-10,12-14,16H2,1-2H3. The van der Waals surface area contributed by atoms with Crippen LogP contribution in [0.1, 0.15) is 32.3 Å². The third kappa shape index (κ3) is 3.61. The third-order valence-corrected chi connectivity index (χ3v) is 5.92. The molecule has 1 aromatic carbocycles. The molecule has 0 N–H and O–H groups in total. The second-order valence-electron chi connectivity index (χ2n) is 8.31. The van der Waals surface area contributed by atoms with Gasteiger partial charge in [0, 0.05) is 26.2 Å². The molecule has 1 aromatic heterocycles. The molecule has 0 aliphatic carbocycles. The van der Waals surface area contributed by atoms with Gasteiger partial charge in [-0.05, 0) is 30.7 Å². The Labute approximate surface area is 171 Å². The van der Waals surface area contributed by atoms with Crippen LogP contribution in [0, 0.1) is 5.92 Å². The first-order valence-corrected chi connectivity index (χ1v) is 10.3. The molecule has 3 heterocycles. The maximum absolute atomic E-state index is 13.5. The van der Waals surface area contributed by atoms with E-state index in [0.717, 1.165) is 5.56 Å². The summed E-state index contributed by atoms with van der Waals surface area (Å²) >= 11 is 0. The van der Waals surface area contributed by atoms with Gasteiger partial charge in [0.1, 0.15) is 11.8 Å². The number of benzene rings is 1. The van der Waals surface area contributed by atoms with Gasteiger partial charge >= 0.3 is 6.03 Å². The maximum atomic E-state index is 13.5. The van der Waals surface area contributed by atoms with Crippen molar-refractivity contribution in [2.24, 2.45) is 5.92 Å². The lowest BCUT2D eigenvalue weighted by molar-refractivity contribution is -0.134. The van der Waals surface area contributed by atoms with Crippen molar-refractivity contribution in [1.82, 2.24) is 14.8 Å². The van der Waals surface area contributed by atoms with Gasteiger partial charge in [-0.1, -0.05) is 44.2 Å². The summed E-state index contributed by atoms with van der Waals surface area (Å²) in [4.78, 5) is 36.3. The summed E-state index contributed by atoms with van der Waals surface area (Å²) in [7, 11) is 0. The van der Waals surface area contributed by atoms with Gasteiger partial charge in [-0.2, -0.15) is 0 Å². The lowest BCUT2D eigenvalue weighted by Crippen LogP contribution is -2.57. The number of carbonyl (C=O) groups is 2. The molecular weight excluding hydrogens is 368 g/mol. The monoisotopic (exact) mass is 396 g/mol. The molecule has 2 aliphatic rings. The summed E-state index contributed by atoms with van der Waals surface area (Å²) in [5, 5.41) is 0. The van der Waals surface area contributed by atoms with Gasteiger partial charge < -0.3 is 14.2 Å². The molecule has 7 nitrogen and oxygen atoms in total. The predicted octanol–water partition coefficient (Wildman–Crippen LogP) is 3.18. The fourth-order valence-electron chi connectivity index (χ4n) is 4.41. The van der Waals surface area contributed by atoms with Gasteiger partial charge in [0.15, 0.2) is 0 Å². The Balaban J connectivity index is 1.53. The maximum Gasteiger partial charge on any atom is 0.327 e. The number of carbonyl (C=O) groups excluding carboxylic acids is 2. The van der Waals surface area contributed by atoms with E-state index in [-0.39, 0.29) is 11.9 Å². The first-order chi connectivity index (χ1) is 14.0. The lowest BCUT2D eigenvalue weighted by atomic mass is 9.85. The molecule has 2 saturated heterocycles. The molecule has 29 heavy (non-hydrogen) atoms. The van der Waals surface area contributed by atoms with E-state index in [9.17, 15) is 9.59 Å². The number of anilines is 1. The average Bonchev–Trinajstić information content (AvgIpc) is 3.32. The van der Waals surface area contributed by atoms with E-state index in [0.29, 0.717) is 57.4 Å². The molecule has 0 bridgehead atoms. The number of hydrogen-bond donors (Lipinski definition) is 0. The molecule has 2 aliphatic heterocycles. The summed E-state index contributed by atoms with van der Waals surface area (Å²) < 4.78 is 5.41. The van der Waals surface area contributed by atoms with Gasteiger partial charge in [-0.15, -0.1) is 0 Å². The Morgan fingerprint density at radius 2 is 1.86 bits per heavy atom. The van der Waals surface area contributed by atoms with Crippen molar-refractivity contribution in [3.63, 3.8) is 0 Å². The molecule has 7 heteroatoms. The van der Waals surface area contributed by atoms with Gasteiger partial charge in [0.2, 0.25) is 0 Å². The van der Waals surface area contributed by atoms with E-state index in [1.54, 1.807) is 12.5 Å².